The molecule has 26 heavy (non-hydrogen) atoms. The molecule has 0 aliphatic carbocycles. The Kier molecular flexibility index (Phi) is 5.73. The molecule has 2 aromatic rings. The van der Waals surface area contributed by atoms with Gasteiger partial charge in [0.1, 0.15) is 6.61 Å². The number of methoxy groups -OCH3 is 1. The molecule has 6 heteroatoms. The minimum Gasteiger partial charge on any atom is -0.465 e. The van der Waals surface area contributed by atoms with E-state index < -0.39 is 0 Å². The molecule has 1 aliphatic heterocycles. The minimum atomic E-state index is -0.345. The van der Waals surface area contributed by atoms with Gasteiger partial charge in [-0.15, -0.1) is 0 Å². The Balaban J connectivity index is 1.49. The van der Waals surface area contributed by atoms with Crippen molar-refractivity contribution in [3.63, 3.8) is 0 Å². The lowest BCUT2D eigenvalue weighted by Crippen LogP contribution is -2.48. The molecule has 136 valence electrons. The van der Waals surface area contributed by atoms with E-state index in [1.807, 2.05) is 42.5 Å². The summed E-state index contributed by atoms with van der Waals surface area (Å²) in [5.74, 6) is -0.345. The summed E-state index contributed by atoms with van der Waals surface area (Å²) in [7, 11) is 1.37. The number of hydrogen-bond donors (Lipinski definition) is 0. The van der Waals surface area contributed by atoms with Crippen molar-refractivity contribution in [2.24, 2.45) is 0 Å². The van der Waals surface area contributed by atoms with Gasteiger partial charge in [-0.25, -0.2) is 9.59 Å². The van der Waals surface area contributed by atoms with Crippen LogP contribution in [-0.4, -0.2) is 50.3 Å². The van der Waals surface area contributed by atoms with Crippen molar-refractivity contribution < 1.29 is 19.1 Å². The zero-order valence-electron chi connectivity index (χ0n) is 14.8. The third-order valence-electron chi connectivity index (χ3n) is 4.40. The van der Waals surface area contributed by atoms with E-state index >= 15 is 0 Å². The van der Waals surface area contributed by atoms with Crippen molar-refractivity contribution in [1.29, 1.82) is 0 Å². The van der Waals surface area contributed by atoms with Crippen molar-refractivity contribution in [2.45, 2.75) is 6.61 Å². The van der Waals surface area contributed by atoms with E-state index in [-0.39, 0.29) is 18.7 Å². The van der Waals surface area contributed by atoms with Gasteiger partial charge in [-0.1, -0.05) is 30.3 Å². The molecule has 0 aromatic heterocycles. The molecule has 0 saturated carbocycles. The molecule has 1 heterocycles. The van der Waals surface area contributed by atoms with Gasteiger partial charge in [0.25, 0.3) is 0 Å². The second-order valence-electron chi connectivity index (χ2n) is 6.05. The minimum absolute atomic E-state index is 0.283. The second-order valence-corrected chi connectivity index (χ2v) is 6.05. The number of ether oxygens (including phenoxy) is 2. The van der Waals surface area contributed by atoms with Crippen LogP contribution in [0.5, 0.6) is 0 Å². The van der Waals surface area contributed by atoms with Gasteiger partial charge in [0, 0.05) is 31.9 Å². The SMILES string of the molecule is COC(=O)c1ccc(N2CCN(C(=O)OCc3ccccc3)CC2)cc1. The number of esters is 1. The van der Waals surface area contributed by atoms with Crippen molar-refractivity contribution in [3.8, 4) is 0 Å². The number of piperazine rings is 1. The first-order chi connectivity index (χ1) is 12.7. The predicted molar refractivity (Wildman–Crippen MR) is 98.2 cm³/mol. The van der Waals surface area contributed by atoms with E-state index in [1.54, 1.807) is 17.0 Å². The largest absolute Gasteiger partial charge is 0.465 e. The van der Waals surface area contributed by atoms with Gasteiger partial charge in [-0.3, -0.25) is 0 Å². The molecular weight excluding hydrogens is 332 g/mol. The zero-order chi connectivity index (χ0) is 18.4. The van der Waals surface area contributed by atoms with Crippen LogP contribution in [0.4, 0.5) is 10.5 Å². The Labute approximate surface area is 152 Å². The number of anilines is 1. The Bertz CT molecular complexity index is 738. The number of benzene rings is 2. The predicted octanol–water partition coefficient (Wildman–Crippen LogP) is 2.93. The summed E-state index contributed by atoms with van der Waals surface area (Å²) in [5, 5.41) is 0. The molecule has 0 radical (unpaired) electrons. The fraction of sp³-hybridized carbons (Fsp3) is 0.300. The van der Waals surface area contributed by atoms with Crippen LogP contribution in [0.1, 0.15) is 15.9 Å². The highest BCUT2D eigenvalue weighted by molar-refractivity contribution is 5.89. The molecular formula is C20H22N2O4. The summed E-state index contributed by atoms with van der Waals surface area (Å²) in [6.07, 6.45) is -0.283. The van der Waals surface area contributed by atoms with E-state index in [4.69, 9.17) is 9.47 Å². The Morgan fingerprint density at radius 2 is 1.58 bits per heavy atom. The van der Waals surface area contributed by atoms with E-state index in [1.165, 1.54) is 7.11 Å². The maximum absolute atomic E-state index is 12.2. The van der Waals surface area contributed by atoms with E-state index in [0.717, 1.165) is 24.3 Å². The van der Waals surface area contributed by atoms with Gasteiger partial charge in [0.15, 0.2) is 0 Å². The number of carbonyl (C=O) groups is 2. The van der Waals surface area contributed by atoms with Crippen LogP contribution in [0.2, 0.25) is 0 Å². The maximum Gasteiger partial charge on any atom is 0.410 e. The summed E-state index contributed by atoms with van der Waals surface area (Å²) in [5.41, 5.74) is 2.53. The zero-order valence-corrected chi connectivity index (χ0v) is 14.8. The topological polar surface area (TPSA) is 59.1 Å². The van der Waals surface area contributed by atoms with E-state index in [2.05, 4.69) is 4.90 Å². The molecule has 0 bridgehead atoms. The lowest BCUT2D eigenvalue weighted by molar-refractivity contribution is 0.0600. The van der Waals surface area contributed by atoms with E-state index in [9.17, 15) is 9.59 Å². The van der Waals surface area contributed by atoms with Crippen LogP contribution >= 0.6 is 0 Å². The number of amides is 1. The molecule has 0 spiro atoms. The molecule has 0 atom stereocenters. The molecule has 6 nitrogen and oxygen atoms in total. The number of rotatable bonds is 4. The Hall–Kier alpha value is -3.02. The first-order valence-corrected chi connectivity index (χ1v) is 8.56. The third kappa shape index (κ3) is 4.33. The summed E-state index contributed by atoms with van der Waals surface area (Å²) in [6, 6.07) is 16.9. The average molecular weight is 354 g/mol. The smallest absolute Gasteiger partial charge is 0.410 e. The van der Waals surface area contributed by atoms with Crippen molar-refractivity contribution in [1.82, 2.24) is 4.90 Å². The molecule has 1 amide bonds. The standard InChI is InChI=1S/C20H22N2O4/c1-25-19(23)17-7-9-18(10-8-17)21-11-13-22(14-12-21)20(24)26-15-16-5-3-2-4-6-16/h2-10H,11-15H2,1H3. The average Bonchev–Trinajstić information content (AvgIpc) is 2.72. The van der Waals surface area contributed by atoms with Crippen LogP contribution in [-0.2, 0) is 16.1 Å². The fourth-order valence-corrected chi connectivity index (χ4v) is 2.88. The molecule has 1 saturated heterocycles. The summed E-state index contributed by atoms with van der Waals surface area (Å²) in [6.45, 7) is 2.93. The molecule has 1 fully saturated rings. The Morgan fingerprint density at radius 3 is 2.19 bits per heavy atom. The van der Waals surface area contributed by atoms with Crippen LogP contribution < -0.4 is 4.90 Å². The number of carbonyl (C=O) groups excluding carboxylic acids is 2. The fourth-order valence-electron chi connectivity index (χ4n) is 2.88. The quantitative estimate of drug-likeness (QED) is 0.790. The van der Waals surface area contributed by atoms with Gasteiger partial charge < -0.3 is 19.3 Å². The highest BCUT2D eigenvalue weighted by atomic mass is 16.6. The number of hydrogen-bond acceptors (Lipinski definition) is 5. The van der Waals surface area contributed by atoms with Crippen LogP contribution in [0.3, 0.4) is 0 Å². The van der Waals surface area contributed by atoms with Crippen molar-refractivity contribution in [3.05, 3.63) is 65.7 Å². The maximum atomic E-state index is 12.2. The lowest BCUT2D eigenvalue weighted by Gasteiger charge is -2.35. The molecule has 2 aromatic carbocycles. The normalized spacial score (nSPS) is 14.0. The van der Waals surface area contributed by atoms with Gasteiger partial charge in [-0.05, 0) is 29.8 Å². The van der Waals surface area contributed by atoms with Crippen molar-refractivity contribution >= 4 is 17.7 Å². The van der Waals surface area contributed by atoms with E-state index in [0.29, 0.717) is 18.7 Å². The summed E-state index contributed by atoms with van der Waals surface area (Å²) < 4.78 is 10.1. The van der Waals surface area contributed by atoms with Crippen LogP contribution in [0.15, 0.2) is 54.6 Å². The molecule has 1 aliphatic rings. The third-order valence-corrected chi connectivity index (χ3v) is 4.40. The lowest BCUT2D eigenvalue weighted by atomic mass is 10.2. The molecule has 0 N–H and O–H groups in total. The number of nitrogens with zero attached hydrogens (tertiary/aromatic N) is 2. The first-order valence-electron chi connectivity index (χ1n) is 8.56. The molecule has 3 rings (SSSR count). The van der Waals surface area contributed by atoms with Gasteiger partial charge in [0.05, 0.1) is 12.7 Å². The second kappa shape index (κ2) is 8.38. The van der Waals surface area contributed by atoms with Crippen molar-refractivity contribution in [2.75, 3.05) is 38.2 Å². The summed E-state index contributed by atoms with van der Waals surface area (Å²) >= 11 is 0. The Morgan fingerprint density at radius 1 is 0.923 bits per heavy atom. The summed E-state index contributed by atoms with van der Waals surface area (Å²) in [4.78, 5) is 27.6. The van der Waals surface area contributed by atoms with Gasteiger partial charge in [0.2, 0.25) is 0 Å². The monoisotopic (exact) mass is 354 g/mol. The highest BCUT2D eigenvalue weighted by Crippen LogP contribution is 2.18. The molecule has 0 unspecified atom stereocenters. The van der Waals surface area contributed by atoms with Crippen LogP contribution in [0.25, 0.3) is 0 Å². The van der Waals surface area contributed by atoms with Gasteiger partial charge in [-0.2, -0.15) is 0 Å². The first kappa shape index (κ1) is 17.8. The highest BCUT2D eigenvalue weighted by Gasteiger charge is 2.22. The van der Waals surface area contributed by atoms with Crippen LogP contribution in [0, 0.1) is 0 Å². The van der Waals surface area contributed by atoms with Gasteiger partial charge >= 0.3 is 12.1 Å².